The summed E-state index contributed by atoms with van der Waals surface area (Å²) < 4.78 is 11.1. The smallest absolute Gasteiger partial charge is 0.411 e. The van der Waals surface area contributed by atoms with Gasteiger partial charge in [-0.25, -0.2) is 4.79 Å². The number of amides is 1. The summed E-state index contributed by atoms with van der Waals surface area (Å²) in [5.74, 6) is 0.843. The molecule has 0 saturated carbocycles. The van der Waals surface area contributed by atoms with Crippen molar-refractivity contribution in [2.75, 3.05) is 38.2 Å². The van der Waals surface area contributed by atoms with Gasteiger partial charge in [-0.3, -0.25) is 10.2 Å². The number of nitrogens with one attached hydrogen (secondary N) is 1. The maximum atomic E-state index is 11.9. The van der Waals surface area contributed by atoms with Crippen LogP contribution in [0, 0.1) is 0 Å². The average Bonchev–Trinajstić information content (AvgIpc) is 2.72. The van der Waals surface area contributed by atoms with Gasteiger partial charge in [0.1, 0.15) is 12.4 Å². The Morgan fingerprint density at radius 1 is 0.931 bits per heavy atom. The first kappa shape index (κ1) is 25.6. The minimum absolute atomic E-state index is 0. The summed E-state index contributed by atoms with van der Waals surface area (Å²) in [4.78, 5) is 14.2. The monoisotopic (exact) mass is 426 g/mol. The van der Waals surface area contributed by atoms with Gasteiger partial charge in [0.25, 0.3) is 0 Å². The maximum Gasteiger partial charge on any atom is 0.411 e. The molecule has 6 heteroatoms. The number of carbonyl (C=O) groups excluding carboxylic acids is 1. The fourth-order valence-electron chi connectivity index (χ4n) is 3.49. The fraction of sp³-hybridized carbons (Fsp3) is 0.696. The molecule has 1 saturated heterocycles. The molecule has 1 heterocycles. The topological polar surface area (TPSA) is 50.8 Å². The number of carbonyl (C=O) groups is 1. The molecule has 29 heavy (non-hydrogen) atoms. The highest BCUT2D eigenvalue weighted by atomic mass is 35.5. The lowest BCUT2D eigenvalue weighted by atomic mass is 10.1. The number of ether oxygens (including phenoxy) is 2. The lowest BCUT2D eigenvalue weighted by molar-refractivity contribution is 0.131. The number of nitrogens with zero attached hydrogens (tertiary/aromatic N) is 1. The quantitative estimate of drug-likeness (QED) is 0.377. The molecule has 0 spiro atoms. The number of rotatable bonds is 13. The second-order valence-electron chi connectivity index (χ2n) is 7.66. The van der Waals surface area contributed by atoms with Crippen molar-refractivity contribution >= 4 is 24.2 Å². The van der Waals surface area contributed by atoms with E-state index in [9.17, 15) is 4.79 Å². The molecule has 166 valence electrons. The van der Waals surface area contributed by atoms with Crippen molar-refractivity contribution in [3.63, 3.8) is 0 Å². The van der Waals surface area contributed by atoms with Gasteiger partial charge in [-0.05, 0) is 56.6 Å². The van der Waals surface area contributed by atoms with Gasteiger partial charge in [-0.2, -0.15) is 0 Å². The van der Waals surface area contributed by atoms with Crippen molar-refractivity contribution in [2.24, 2.45) is 0 Å². The summed E-state index contributed by atoms with van der Waals surface area (Å²) in [6.45, 7) is 6.48. The molecule has 1 aromatic carbocycles. The van der Waals surface area contributed by atoms with Crippen molar-refractivity contribution < 1.29 is 14.3 Å². The molecule has 1 aliphatic heterocycles. The fourth-order valence-corrected chi connectivity index (χ4v) is 3.49. The van der Waals surface area contributed by atoms with Gasteiger partial charge in [0.2, 0.25) is 0 Å². The van der Waals surface area contributed by atoms with E-state index < -0.39 is 6.09 Å². The zero-order valence-electron chi connectivity index (χ0n) is 18.0. The molecule has 0 atom stereocenters. The molecule has 1 aliphatic rings. The molecule has 1 aromatic rings. The first-order valence-corrected chi connectivity index (χ1v) is 11.2. The number of hydrogen-bond acceptors (Lipinski definition) is 4. The first-order valence-electron chi connectivity index (χ1n) is 11.2. The minimum Gasteiger partial charge on any atom is -0.494 e. The number of piperidine rings is 1. The van der Waals surface area contributed by atoms with Gasteiger partial charge in [-0.1, -0.05) is 51.9 Å². The van der Waals surface area contributed by atoms with E-state index in [1.165, 1.54) is 57.8 Å². The van der Waals surface area contributed by atoms with Crippen LogP contribution in [0.2, 0.25) is 0 Å². The molecule has 0 aromatic heterocycles. The van der Waals surface area contributed by atoms with Crippen LogP contribution in [0.5, 0.6) is 5.75 Å². The molecule has 1 N–H and O–H groups in total. The Balaban J connectivity index is 0.00000420. The van der Waals surface area contributed by atoms with Gasteiger partial charge in [0.05, 0.1) is 6.61 Å². The van der Waals surface area contributed by atoms with Crippen LogP contribution in [0.15, 0.2) is 24.3 Å². The molecular weight excluding hydrogens is 388 g/mol. The summed E-state index contributed by atoms with van der Waals surface area (Å²) in [6, 6.07) is 7.49. The van der Waals surface area contributed by atoms with E-state index in [0.29, 0.717) is 6.61 Å². The van der Waals surface area contributed by atoms with Crippen molar-refractivity contribution in [1.29, 1.82) is 0 Å². The summed E-state index contributed by atoms with van der Waals surface area (Å²) in [5.41, 5.74) is 0.728. The molecular formula is C23H39ClN2O3. The van der Waals surface area contributed by atoms with Crippen LogP contribution in [-0.4, -0.2) is 43.8 Å². The van der Waals surface area contributed by atoms with Crippen molar-refractivity contribution in [3.8, 4) is 5.75 Å². The van der Waals surface area contributed by atoms with E-state index in [1.807, 2.05) is 24.3 Å². The third-order valence-corrected chi connectivity index (χ3v) is 5.21. The van der Waals surface area contributed by atoms with E-state index >= 15 is 0 Å². The molecule has 0 unspecified atom stereocenters. The lowest BCUT2D eigenvalue weighted by Crippen LogP contribution is -2.33. The molecule has 0 radical (unpaired) electrons. The number of anilines is 1. The standard InChI is InChI=1S/C23H38N2O3.ClH/c1-2-3-4-5-6-7-11-19-27-22-14-12-21(13-15-22)24-23(26)28-20-18-25-16-9-8-10-17-25;/h12-15H,2-11,16-20H2,1H3,(H,24,26);1H. The van der Waals surface area contributed by atoms with Crippen LogP contribution in [0.4, 0.5) is 10.5 Å². The van der Waals surface area contributed by atoms with E-state index in [1.54, 1.807) is 0 Å². The van der Waals surface area contributed by atoms with E-state index in [0.717, 1.165) is 44.1 Å². The van der Waals surface area contributed by atoms with Crippen LogP contribution in [0.1, 0.15) is 71.1 Å². The minimum atomic E-state index is -0.395. The highest BCUT2D eigenvalue weighted by Crippen LogP contribution is 2.17. The first-order chi connectivity index (χ1) is 13.8. The molecule has 0 aliphatic carbocycles. The molecule has 1 fully saturated rings. The lowest BCUT2D eigenvalue weighted by Gasteiger charge is -2.25. The predicted octanol–water partition coefficient (Wildman–Crippen LogP) is 6.27. The van der Waals surface area contributed by atoms with Crippen molar-refractivity contribution in [2.45, 2.75) is 71.1 Å². The van der Waals surface area contributed by atoms with Crippen LogP contribution >= 0.6 is 12.4 Å². The highest BCUT2D eigenvalue weighted by Gasteiger charge is 2.10. The van der Waals surface area contributed by atoms with Gasteiger partial charge in [0, 0.05) is 12.2 Å². The maximum absolute atomic E-state index is 11.9. The number of benzene rings is 1. The summed E-state index contributed by atoms with van der Waals surface area (Å²) in [7, 11) is 0. The number of hydrogen-bond donors (Lipinski definition) is 1. The Kier molecular flexibility index (Phi) is 14.4. The Morgan fingerprint density at radius 2 is 1.59 bits per heavy atom. The molecule has 2 rings (SSSR count). The average molecular weight is 427 g/mol. The van der Waals surface area contributed by atoms with Crippen LogP contribution in [-0.2, 0) is 4.74 Å². The van der Waals surface area contributed by atoms with Crippen molar-refractivity contribution in [3.05, 3.63) is 24.3 Å². The van der Waals surface area contributed by atoms with Crippen LogP contribution < -0.4 is 10.1 Å². The Morgan fingerprint density at radius 3 is 2.28 bits per heavy atom. The van der Waals surface area contributed by atoms with Crippen LogP contribution in [0.25, 0.3) is 0 Å². The van der Waals surface area contributed by atoms with Gasteiger partial charge in [-0.15, -0.1) is 12.4 Å². The van der Waals surface area contributed by atoms with E-state index in [4.69, 9.17) is 9.47 Å². The zero-order valence-corrected chi connectivity index (χ0v) is 18.8. The Labute approximate surface area is 182 Å². The van der Waals surface area contributed by atoms with Crippen LogP contribution in [0.3, 0.4) is 0 Å². The predicted molar refractivity (Wildman–Crippen MR) is 122 cm³/mol. The third kappa shape index (κ3) is 12.0. The number of unbranched alkanes of at least 4 members (excludes halogenated alkanes) is 6. The Bertz CT molecular complexity index is 533. The third-order valence-electron chi connectivity index (χ3n) is 5.21. The number of likely N-dealkylation sites (tertiary alicyclic amines) is 1. The summed E-state index contributed by atoms with van der Waals surface area (Å²) >= 11 is 0. The van der Waals surface area contributed by atoms with Gasteiger partial charge in [0.15, 0.2) is 0 Å². The molecule has 5 nitrogen and oxygen atoms in total. The van der Waals surface area contributed by atoms with Gasteiger partial charge < -0.3 is 9.47 Å². The molecule has 1 amide bonds. The second kappa shape index (κ2) is 16.3. The number of halogens is 1. The highest BCUT2D eigenvalue weighted by molar-refractivity contribution is 5.85. The summed E-state index contributed by atoms with van der Waals surface area (Å²) in [6.07, 6.45) is 12.4. The SMILES string of the molecule is CCCCCCCCCOc1ccc(NC(=O)OCCN2CCCCC2)cc1.Cl. The second-order valence-corrected chi connectivity index (χ2v) is 7.66. The summed E-state index contributed by atoms with van der Waals surface area (Å²) in [5, 5.41) is 2.77. The van der Waals surface area contributed by atoms with E-state index in [2.05, 4.69) is 17.1 Å². The van der Waals surface area contributed by atoms with E-state index in [-0.39, 0.29) is 12.4 Å². The molecule has 0 bridgehead atoms. The van der Waals surface area contributed by atoms with Gasteiger partial charge >= 0.3 is 6.09 Å². The zero-order chi connectivity index (χ0) is 19.9. The largest absolute Gasteiger partial charge is 0.494 e. The van der Waals surface area contributed by atoms with Crippen molar-refractivity contribution in [1.82, 2.24) is 4.90 Å². The normalized spacial score (nSPS) is 14.1. The Hall–Kier alpha value is -1.46.